The van der Waals surface area contributed by atoms with Crippen LogP contribution < -0.4 is 14.2 Å². The molecule has 0 aliphatic carbocycles. The lowest BCUT2D eigenvalue weighted by Gasteiger charge is -2.49. The van der Waals surface area contributed by atoms with Crippen molar-refractivity contribution in [1.82, 2.24) is 0 Å². The van der Waals surface area contributed by atoms with E-state index in [1.54, 1.807) is 21.3 Å². The molecule has 0 saturated heterocycles. The van der Waals surface area contributed by atoms with Crippen LogP contribution in [0, 0.1) is 0 Å². The van der Waals surface area contributed by atoms with Crippen molar-refractivity contribution in [2.24, 2.45) is 0 Å². The summed E-state index contributed by atoms with van der Waals surface area (Å²) in [6, 6.07) is 11.3. The molecule has 2 aromatic rings. The number of nitrogens with zero attached hydrogens (tertiary/aromatic N) is 1. The molecule has 2 aliphatic rings. The van der Waals surface area contributed by atoms with Gasteiger partial charge < -0.3 is 18.7 Å². The second kappa shape index (κ2) is 5.95. The number of likely N-dealkylation sites (N-methyl/N-ethyl adjacent to an activating group) is 1. The Hall–Kier alpha value is -2.20. The Kier molecular flexibility index (Phi) is 3.88. The van der Waals surface area contributed by atoms with E-state index in [-0.39, 0.29) is 0 Å². The maximum atomic E-state index is 5.71. The first-order valence-corrected chi connectivity index (χ1v) is 8.83. The van der Waals surface area contributed by atoms with Gasteiger partial charge >= 0.3 is 0 Å². The van der Waals surface area contributed by atoms with Gasteiger partial charge in [-0.25, -0.2) is 0 Å². The van der Waals surface area contributed by atoms with Crippen LogP contribution in [0.15, 0.2) is 30.3 Å². The smallest absolute Gasteiger partial charge is 0.169 e. The molecule has 0 aromatic heterocycles. The van der Waals surface area contributed by atoms with Crippen LogP contribution in [-0.4, -0.2) is 39.4 Å². The van der Waals surface area contributed by atoms with E-state index >= 15 is 0 Å². The Balaban J connectivity index is 1.82. The first-order valence-electron chi connectivity index (χ1n) is 8.83. The van der Waals surface area contributed by atoms with Crippen LogP contribution in [0.5, 0.6) is 17.2 Å². The molecule has 2 aliphatic heterocycles. The summed E-state index contributed by atoms with van der Waals surface area (Å²) < 4.78 is 17.7. The molecule has 0 amide bonds. The highest BCUT2D eigenvalue weighted by atomic mass is 16.5. The van der Waals surface area contributed by atoms with Gasteiger partial charge in [-0.2, -0.15) is 0 Å². The van der Waals surface area contributed by atoms with Gasteiger partial charge in [-0.1, -0.05) is 12.1 Å². The fourth-order valence-corrected chi connectivity index (χ4v) is 4.59. The van der Waals surface area contributed by atoms with Gasteiger partial charge in [0.2, 0.25) is 0 Å². The van der Waals surface area contributed by atoms with E-state index in [4.69, 9.17) is 14.2 Å². The van der Waals surface area contributed by atoms with E-state index in [9.17, 15) is 0 Å². The molecule has 132 valence electrons. The number of fused-ring (bicyclic) bond motifs is 4. The highest BCUT2D eigenvalue weighted by Gasteiger charge is 2.44. The zero-order chi connectivity index (χ0) is 17.6. The lowest BCUT2D eigenvalue weighted by molar-refractivity contribution is -0.956. The quantitative estimate of drug-likeness (QED) is 0.800. The van der Waals surface area contributed by atoms with Gasteiger partial charge in [0.25, 0.3) is 0 Å². The highest BCUT2D eigenvalue weighted by molar-refractivity contribution is 5.52. The topological polar surface area (TPSA) is 27.7 Å². The Bertz CT molecular complexity index is 817. The number of rotatable bonds is 3. The molecule has 0 saturated carbocycles. The number of hydrogen-bond acceptors (Lipinski definition) is 3. The van der Waals surface area contributed by atoms with Crippen LogP contribution >= 0.6 is 0 Å². The van der Waals surface area contributed by atoms with Gasteiger partial charge in [-0.15, -0.1) is 0 Å². The number of hydrogen-bond donors (Lipinski definition) is 0. The molecule has 0 spiro atoms. The molecule has 4 heteroatoms. The molecule has 0 radical (unpaired) electrons. The summed E-state index contributed by atoms with van der Waals surface area (Å²) in [4.78, 5) is 0. The van der Waals surface area contributed by atoms with E-state index in [2.05, 4.69) is 31.3 Å². The van der Waals surface area contributed by atoms with E-state index in [1.807, 2.05) is 6.07 Å². The molecule has 0 bridgehead atoms. The SMILES string of the molecule is COc1ccc2c(c1)C1Cc3ccc(OC)c(OC)c3C[N+]1(C)CC2. The molecule has 2 unspecified atom stereocenters. The van der Waals surface area contributed by atoms with Crippen molar-refractivity contribution < 1.29 is 18.7 Å². The fourth-order valence-electron chi connectivity index (χ4n) is 4.59. The Morgan fingerprint density at radius 2 is 1.76 bits per heavy atom. The first kappa shape index (κ1) is 16.3. The van der Waals surface area contributed by atoms with Crippen molar-refractivity contribution >= 4 is 0 Å². The third-order valence-electron chi connectivity index (χ3n) is 6.03. The molecular weight excluding hydrogens is 314 g/mol. The van der Waals surface area contributed by atoms with Crippen LogP contribution in [-0.2, 0) is 19.4 Å². The average Bonchev–Trinajstić information content (AvgIpc) is 2.64. The summed E-state index contributed by atoms with van der Waals surface area (Å²) in [5, 5.41) is 0. The van der Waals surface area contributed by atoms with Crippen molar-refractivity contribution in [3.63, 3.8) is 0 Å². The highest BCUT2D eigenvalue weighted by Crippen LogP contribution is 2.47. The Morgan fingerprint density at radius 1 is 0.960 bits per heavy atom. The van der Waals surface area contributed by atoms with Crippen LogP contribution in [0.2, 0.25) is 0 Å². The van der Waals surface area contributed by atoms with Crippen molar-refractivity contribution in [3.8, 4) is 17.2 Å². The van der Waals surface area contributed by atoms with Gasteiger partial charge in [0, 0.05) is 18.4 Å². The number of quaternary nitrogens is 1. The van der Waals surface area contributed by atoms with Crippen LogP contribution in [0.3, 0.4) is 0 Å². The minimum absolute atomic E-state index is 0.462. The largest absolute Gasteiger partial charge is 0.497 e. The van der Waals surface area contributed by atoms with E-state index < -0.39 is 0 Å². The second-order valence-electron chi connectivity index (χ2n) is 7.33. The lowest BCUT2D eigenvalue weighted by atomic mass is 9.81. The maximum absolute atomic E-state index is 5.71. The minimum atomic E-state index is 0.462. The summed E-state index contributed by atoms with van der Waals surface area (Å²) in [5.41, 5.74) is 5.57. The molecule has 2 atom stereocenters. The molecule has 0 N–H and O–H groups in total. The summed E-state index contributed by atoms with van der Waals surface area (Å²) in [6.45, 7) is 2.11. The molecule has 25 heavy (non-hydrogen) atoms. The van der Waals surface area contributed by atoms with Crippen molar-refractivity contribution in [1.29, 1.82) is 0 Å². The maximum Gasteiger partial charge on any atom is 0.169 e. The van der Waals surface area contributed by atoms with Crippen LogP contribution in [0.1, 0.15) is 28.3 Å². The second-order valence-corrected chi connectivity index (χ2v) is 7.33. The summed E-state index contributed by atoms with van der Waals surface area (Å²) >= 11 is 0. The molecule has 2 heterocycles. The molecule has 0 fully saturated rings. The monoisotopic (exact) mass is 340 g/mol. The van der Waals surface area contributed by atoms with Crippen LogP contribution in [0.4, 0.5) is 0 Å². The zero-order valence-corrected chi connectivity index (χ0v) is 15.5. The van der Waals surface area contributed by atoms with Crippen LogP contribution in [0.25, 0.3) is 0 Å². The number of methoxy groups -OCH3 is 3. The third kappa shape index (κ3) is 2.47. The minimum Gasteiger partial charge on any atom is -0.497 e. The van der Waals surface area contributed by atoms with Crippen molar-refractivity contribution in [2.45, 2.75) is 25.4 Å². The Morgan fingerprint density at radius 3 is 2.48 bits per heavy atom. The standard InChI is InChI=1S/C21H26NO3/c1-22-10-9-14-5-7-16(23-2)12-17(14)19(22)11-15-6-8-20(24-3)21(25-4)18(15)13-22/h5-8,12,19H,9-11,13H2,1-4H3/q+1. The van der Waals surface area contributed by atoms with E-state index in [1.165, 1.54) is 22.3 Å². The van der Waals surface area contributed by atoms with Crippen molar-refractivity contribution in [2.75, 3.05) is 34.9 Å². The van der Waals surface area contributed by atoms with Gasteiger partial charge in [-0.3, -0.25) is 0 Å². The third-order valence-corrected chi connectivity index (χ3v) is 6.03. The number of benzene rings is 2. The van der Waals surface area contributed by atoms with Gasteiger partial charge in [0.15, 0.2) is 11.5 Å². The summed E-state index contributed by atoms with van der Waals surface area (Å²) in [6.07, 6.45) is 2.13. The molecule has 2 aromatic carbocycles. The normalized spacial score (nSPS) is 23.9. The van der Waals surface area contributed by atoms with E-state index in [0.717, 1.165) is 47.7 Å². The first-order chi connectivity index (χ1) is 12.1. The summed E-state index contributed by atoms with van der Waals surface area (Å²) in [5.74, 6) is 2.67. The van der Waals surface area contributed by atoms with Gasteiger partial charge in [0.1, 0.15) is 18.3 Å². The van der Waals surface area contributed by atoms with Gasteiger partial charge in [0.05, 0.1) is 40.5 Å². The predicted octanol–water partition coefficient (Wildman–Crippen LogP) is 3.51. The van der Waals surface area contributed by atoms with Gasteiger partial charge in [-0.05, 0) is 29.3 Å². The number of ether oxygens (including phenoxy) is 3. The zero-order valence-electron chi connectivity index (χ0n) is 15.5. The van der Waals surface area contributed by atoms with Crippen molar-refractivity contribution in [3.05, 3.63) is 52.6 Å². The molecule has 4 rings (SSSR count). The predicted molar refractivity (Wildman–Crippen MR) is 97.4 cm³/mol. The molecule has 4 nitrogen and oxygen atoms in total. The Labute approximate surface area is 149 Å². The lowest BCUT2D eigenvalue weighted by Crippen LogP contribution is -2.53. The summed E-state index contributed by atoms with van der Waals surface area (Å²) in [7, 11) is 7.55. The average molecular weight is 340 g/mol. The fraction of sp³-hybridized carbons (Fsp3) is 0.429. The van der Waals surface area contributed by atoms with E-state index in [0.29, 0.717) is 6.04 Å². The molecular formula is C21H26NO3+.